The number of carboxylic acid groups (broad SMARTS) is 1. The number of thioether (sulfide) groups is 1. The number of urea groups is 1. The van der Waals surface area contributed by atoms with E-state index < -0.39 is 12.0 Å². The van der Waals surface area contributed by atoms with Crippen molar-refractivity contribution in [2.75, 3.05) is 5.75 Å². The number of thiazole rings is 1. The van der Waals surface area contributed by atoms with E-state index in [1.807, 2.05) is 13.8 Å². The minimum absolute atomic E-state index is 0.121. The van der Waals surface area contributed by atoms with E-state index in [9.17, 15) is 9.59 Å². The van der Waals surface area contributed by atoms with Gasteiger partial charge in [-0.3, -0.25) is 4.90 Å². The van der Waals surface area contributed by atoms with E-state index in [1.54, 1.807) is 6.20 Å². The van der Waals surface area contributed by atoms with E-state index in [-0.39, 0.29) is 11.4 Å². The summed E-state index contributed by atoms with van der Waals surface area (Å²) in [5.41, 5.74) is 0. The highest BCUT2D eigenvalue weighted by molar-refractivity contribution is 8.00. The number of hydrogen-bond donors (Lipinski definition) is 2. The van der Waals surface area contributed by atoms with Crippen molar-refractivity contribution in [3.8, 4) is 0 Å². The Morgan fingerprint density at radius 3 is 2.95 bits per heavy atom. The van der Waals surface area contributed by atoms with Gasteiger partial charge in [-0.1, -0.05) is 0 Å². The molecule has 0 aromatic carbocycles. The third-order valence-corrected chi connectivity index (χ3v) is 4.96. The smallest absolute Gasteiger partial charge is 0.327 e. The van der Waals surface area contributed by atoms with Crippen molar-refractivity contribution >= 4 is 35.1 Å². The lowest BCUT2D eigenvalue weighted by Crippen LogP contribution is -2.49. The molecule has 1 aromatic heterocycles. The molecule has 1 aliphatic heterocycles. The maximum Gasteiger partial charge on any atom is 0.327 e. The van der Waals surface area contributed by atoms with Crippen molar-refractivity contribution in [1.29, 1.82) is 0 Å². The van der Waals surface area contributed by atoms with Gasteiger partial charge in [-0.15, -0.1) is 23.1 Å². The Kier molecular flexibility index (Phi) is 4.31. The molecule has 0 aliphatic carbocycles. The zero-order valence-corrected chi connectivity index (χ0v) is 12.3. The Labute approximate surface area is 119 Å². The number of aliphatic carboxylic acids is 1. The predicted molar refractivity (Wildman–Crippen MR) is 74.3 cm³/mol. The zero-order chi connectivity index (χ0) is 14.0. The molecule has 0 bridgehead atoms. The fraction of sp³-hybridized carbons (Fsp3) is 0.545. The average molecular weight is 301 g/mol. The van der Waals surface area contributed by atoms with Crippen molar-refractivity contribution in [3.63, 3.8) is 0 Å². The van der Waals surface area contributed by atoms with Crippen LogP contribution in [0, 0.1) is 6.92 Å². The van der Waals surface area contributed by atoms with Crippen LogP contribution < -0.4 is 5.32 Å². The Morgan fingerprint density at radius 1 is 1.63 bits per heavy atom. The molecule has 19 heavy (non-hydrogen) atoms. The highest BCUT2D eigenvalue weighted by atomic mass is 32.2. The van der Waals surface area contributed by atoms with E-state index in [4.69, 9.17) is 5.11 Å². The number of carbonyl (C=O) groups is 2. The summed E-state index contributed by atoms with van der Waals surface area (Å²) in [4.78, 5) is 29.6. The van der Waals surface area contributed by atoms with Gasteiger partial charge in [-0.25, -0.2) is 14.6 Å². The summed E-state index contributed by atoms with van der Waals surface area (Å²) in [5, 5.41) is 12.7. The topological polar surface area (TPSA) is 82.5 Å². The number of amides is 2. The highest BCUT2D eigenvalue weighted by Gasteiger charge is 2.39. The van der Waals surface area contributed by atoms with Crippen molar-refractivity contribution in [2.45, 2.75) is 31.8 Å². The van der Waals surface area contributed by atoms with Gasteiger partial charge in [0.2, 0.25) is 0 Å². The molecule has 2 amide bonds. The molecule has 1 aromatic rings. The molecule has 2 unspecified atom stereocenters. The lowest BCUT2D eigenvalue weighted by atomic mass is 10.3. The second kappa shape index (κ2) is 5.79. The van der Waals surface area contributed by atoms with Gasteiger partial charge in [0, 0.05) is 16.8 Å². The van der Waals surface area contributed by atoms with Crippen LogP contribution in [0.25, 0.3) is 0 Å². The molecular formula is C11H15N3O3S2. The summed E-state index contributed by atoms with van der Waals surface area (Å²) in [5.74, 6) is -0.524. The number of aryl methyl sites for hydroxylation is 1. The number of aromatic nitrogens is 1. The highest BCUT2D eigenvalue weighted by Crippen LogP contribution is 2.28. The summed E-state index contributed by atoms with van der Waals surface area (Å²) in [6.07, 6.45) is 1.72. The first-order valence-corrected chi connectivity index (χ1v) is 7.67. The summed E-state index contributed by atoms with van der Waals surface area (Å²) >= 11 is 2.98. The monoisotopic (exact) mass is 301 g/mol. The first-order valence-electron chi connectivity index (χ1n) is 5.81. The maximum atomic E-state index is 12.1. The van der Waals surface area contributed by atoms with Crippen LogP contribution in [-0.2, 0) is 11.3 Å². The third-order valence-electron chi connectivity index (χ3n) is 2.83. The summed E-state index contributed by atoms with van der Waals surface area (Å²) in [6, 6.07) is -1.08. The van der Waals surface area contributed by atoms with Crippen LogP contribution in [0.4, 0.5) is 4.79 Å². The molecule has 2 N–H and O–H groups in total. The van der Waals surface area contributed by atoms with Crippen LogP contribution >= 0.6 is 23.1 Å². The third kappa shape index (κ3) is 3.19. The standard InChI is InChI=1S/C11H15N3O3S2/c1-6-12-3-8(19-6)4-13-11(17)14-7(2)18-5-9(14)10(15)16/h3,7,9H,4-5H2,1-2H3,(H,13,17)(H,15,16). The van der Waals surface area contributed by atoms with E-state index in [0.29, 0.717) is 12.3 Å². The summed E-state index contributed by atoms with van der Waals surface area (Å²) < 4.78 is 0. The molecule has 104 valence electrons. The Hall–Kier alpha value is -1.28. The SMILES string of the molecule is Cc1ncc(CNC(=O)N2C(C)SCC2C(=O)O)s1. The minimum Gasteiger partial charge on any atom is -0.480 e. The molecule has 2 heterocycles. The largest absolute Gasteiger partial charge is 0.480 e. The Morgan fingerprint density at radius 2 is 2.37 bits per heavy atom. The number of carbonyl (C=O) groups excluding carboxylic acids is 1. The molecule has 0 saturated carbocycles. The minimum atomic E-state index is -0.958. The molecule has 1 saturated heterocycles. The summed E-state index contributed by atoms with van der Waals surface area (Å²) in [7, 11) is 0. The molecule has 8 heteroatoms. The first-order chi connectivity index (χ1) is 8.99. The zero-order valence-electron chi connectivity index (χ0n) is 10.6. The molecular weight excluding hydrogens is 286 g/mol. The molecule has 2 rings (SSSR count). The molecule has 0 spiro atoms. The predicted octanol–water partition coefficient (Wildman–Crippen LogP) is 1.51. The van der Waals surface area contributed by atoms with Crippen LogP contribution in [-0.4, -0.2) is 44.2 Å². The van der Waals surface area contributed by atoms with Gasteiger partial charge in [0.05, 0.1) is 16.9 Å². The van der Waals surface area contributed by atoms with Gasteiger partial charge in [-0.2, -0.15) is 0 Å². The van der Waals surface area contributed by atoms with Crippen LogP contribution in [0.15, 0.2) is 6.20 Å². The van der Waals surface area contributed by atoms with Crippen LogP contribution in [0.1, 0.15) is 16.8 Å². The van der Waals surface area contributed by atoms with Crippen molar-refractivity contribution in [2.24, 2.45) is 0 Å². The van der Waals surface area contributed by atoms with Gasteiger partial charge in [0.25, 0.3) is 0 Å². The van der Waals surface area contributed by atoms with E-state index in [0.717, 1.165) is 9.88 Å². The van der Waals surface area contributed by atoms with Gasteiger partial charge >= 0.3 is 12.0 Å². The lowest BCUT2D eigenvalue weighted by molar-refractivity contribution is -0.141. The second-order valence-electron chi connectivity index (χ2n) is 4.20. The number of nitrogens with zero attached hydrogens (tertiary/aromatic N) is 2. The van der Waals surface area contributed by atoms with Crippen molar-refractivity contribution in [3.05, 3.63) is 16.1 Å². The number of hydrogen-bond acceptors (Lipinski definition) is 5. The average Bonchev–Trinajstić information content (AvgIpc) is 2.92. The van der Waals surface area contributed by atoms with Gasteiger partial charge < -0.3 is 10.4 Å². The fourth-order valence-electron chi connectivity index (χ4n) is 1.88. The Balaban J connectivity index is 1.96. The molecule has 1 aliphatic rings. The molecule has 0 radical (unpaired) electrons. The summed E-state index contributed by atoms with van der Waals surface area (Å²) in [6.45, 7) is 4.12. The van der Waals surface area contributed by atoms with Gasteiger partial charge in [-0.05, 0) is 13.8 Å². The number of rotatable bonds is 3. The van der Waals surface area contributed by atoms with Crippen molar-refractivity contribution in [1.82, 2.24) is 15.2 Å². The fourth-order valence-corrected chi connectivity index (χ4v) is 3.78. The van der Waals surface area contributed by atoms with Gasteiger partial charge in [0.15, 0.2) is 0 Å². The second-order valence-corrected chi connectivity index (χ2v) is 6.87. The van der Waals surface area contributed by atoms with E-state index in [2.05, 4.69) is 10.3 Å². The quantitative estimate of drug-likeness (QED) is 0.884. The normalized spacial score (nSPS) is 22.5. The van der Waals surface area contributed by atoms with Crippen LogP contribution in [0.2, 0.25) is 0 Å². The Bertz CT molecular complexity index is 491. The molecule has 2 atom stereocenters. The maximum absolute atomic E-state index is 12.1. The van der Waals surface area contributed by atoms with E-state index in [1.165, 1.54) is 28.0 Å². The number of carboxylic acids is 1. The van der Waals surface area contributed by atoms with Crippen LogP contribution in [0.3, 0.4) is 0 Å². The molecule has 1 fully saturated rings. The van der Waals surface area contributed by atoms with Crippen LogP contribution in [0.5, 0.6) is 0 Å². The molecule has 6 nitrogen and oxygen atoms in total. The van der Waals surface area contributed by atoms with E-state index >= 15 is 0 Å². The number of nitrogens with one attached hydrogen (secondary N) is 1. The lowest BCUT2D eigenvalue weighted by Gasteiger charge is -2.25. The van der Waals surface area contributed by atoms with Crippen molar-refractivity contribution < 1.29 is 14.7 Å². The van der Waals surface area contributed by atoms with Gasteiger partial charge in [0.1, 0.15) is 6.04 Å². The first kappa shape index (κ1) is 14.1.